The van der Waals surface area contributed by atoms with Crippen molar-refractivity contribution in [2.75, 3.05) is 6.26 Å². The maximum Gasteiger partial charge on any atom is 0.277 e. The number of aromatic nitrogens is 3. The Balaban J connectivity index is 1.84. The summed E-state index contributed by atoms with van der Waals surface area (Å²) >= 11 is 0. The Morgan fingerprint density at radius 3 is 2.57 bits per heavy atom. The summed E-state index contributed by atoms with van der Waals surface area (Å²) in [6, 6.07) is 7.58. The van der Waals surface area contributed by atoms with Gasteiger partial charge in [0.05, 0.1) is 15.4 Å². The van der Waals surface area contributed by atoms with E-state index in [1.165, 1.54) is 6.26 Å². The fraction of sp³-hybridized carbons (Fsp3) is 0.429. The van der Waals surface area contributed by atoms with E-state index in [1.54, 1.807) is 10.6 Å². The molecule has 1 atom stereocenters. The number of benzene rings is 1. The first-order valence-electron chi connectivity index (χ1n) is 9.61. The lowest BCUT2D eigenvalue weighted by molar-refractivity contribution is 0.678. The number of hydrogen-bond acceptors (Lipinski definition) is 4. The Morgan fingerprint density at radius 2 is 2.00 bits per heavy atom. The van der Waals surface area contributed by atoms with Gasteiger partial charge in [0.25, 0.3) is 5.56 Å². The highest BCUT2D eigenvalue weighted by Gasteiger charge is 2.27. The zero-order valence-electron chi connectivity index (χ0n) is 16.7. The minimum Gasteiger partial charge on any atom is -0.328 e. The van der Waals surface area contributed by atoms with E-state index in [-0.39, 0.29) is 11.5 Å². The molecule has 6 nitrogen and oxygen atoms in total. The summed E-state index contributed by atoms with van der Waals surface area (Å²) in [6.45, 7) is 6.60. The number of hydrogen-bond donors (Lipinski definition) is 1. The quantitative estimate of drug-likeness (QED) is 0.708. The summed E-state index contributed by atoms with van der Waals surface area (Å²) in [4.78, 5) is 13.4. The molecule has 148 valence electrons. The minimum absolute atomic E-state index is 0.0415. The van der Waals surface area contributed by atoms with Gasteiger partial charge in [0.1, 0.15) is 5.65 Å². The van der Waals surface area contributed by atoms with Crippen molar-refractivity contribution in [1.29, 1.82) is 4.78 Å². The van der Waals surface area contributed by atoms with Gasteiger partial charge in [0.2, 0.25) is 0 Å². The molecule has 1 N–H and O–H groups in total. The molecule has 0 saturated heterocycles. The monoisotopic (exact) mass is 398 g/mol. The minimum atomic E-state index is -2.73. The van der Waals surface area contributed by atoms with Crippen LogP contribution in [0.25, 0.3) is 5.65 Å². The highest BCUT2D eigenvalue weighted by Crippen LogP contribution is 2.39. The Bertz CT molecular complexity index is 1230. The molecule has 0 radical (unpaired) electrons. The first kappa shape index (κ1) is 18.9. The maximum atomic E-state index is 12.9. The third kappa shape index (κ3) is 3.39. The second-order valence-electron chi connectivity index (χ2n) is 8.22. The highest BCUT2D eigenvalue weighted by molar-refractivity contribution is 7.91. The largest absolute Gasteiger partial charge is 0.328 e. The Morgan fingerprint density at radius 1 is 1.29 bits per heavy atom. The van der Waals surface area contributed by atoms with Crippen LogP contribution in [0.1, 0.15) is 60.9 Å². The summed E-state index contributed by atoms with van der Waals surface area (Å²) in [5, 5.41) is 4.61. The van der Waals surface area contributed by atoms with E-state index in [2.05, 4.69) is 9.67 Å². The van der Waals surface area contributed by atoms with E-state index in [9.17, 15) is 9.00 Å². The van der Waals surface area contributed by atoms with Gasteiger partial charge in [0.15, 0.2) is 0 Å². The fourth-order valence-electron chi connectivity index (χ4n) is 3.53. The molecule has 2 heterocycles. The van der Waals surface area contributed by atoms with Crippen molar-refractivity contribution < 1.29 is 4.21 Å². The lowest BCUT2D eigenvalue weighted by atomic mass is 10.1. The molecule has 0 aliphatic heterocycles. The van der Waals surface area contributed by atoms with Gasteiger partial charge in [-0.05, 0) is 48.9 Å². The number of nitrogens with zero attached hydrogens (tertiary/aromatic N) is 3. The van der Waals surface area contributed by atoms with E-state index in [1.807, 2.05) is 45.2 Å². The van der Waals surface area contributed by atoms with Crippen molar-refractivity contribution in [1.82, 2.24) is 14.2 Å². The van der Waals surface area contributed by atoms with Crippen LogP contribution in [0.2, 0.25) is 0 Å². The lowest BCUT2D eigenvalue weighted by Crippen LogP contribution is -2.24. The van der Waals surface area contributed by atoms with Gasteiger partial charge in [-0.1, -0.05) is 19.9 Å². The number of nitrogens with one attached hydrogen (secondary N) is 1. The van der Waals surface area contributed by atoms with Gasteiger partial charge in [-0.2, -0.15) is 9.61 Å². The van der Waals surface area contributed by atoms with E-state index >= 15 is 0 Å². The molecular weight excluding hydrogens is 372 g/mol. The fourth-order valence-corrected chi connectivity index (χ4v) is 4.26. The molecular formula is C21H26N4O2S. The van der Waals surface area contributed by atoms with Crippen molar-refractivity contribution in [3.63, 3.8) is 0 Å². The molecule has 0 spiro atoms. The standard InChI is InChI=1S/C21H26N4O2S/c1-13(2)18-12-24(11-16-7-8-17(9-14(16)3)28(4,22)27)20-10-19(15-5-6-15)23-25(20)21(18)26/h7-10,12-13,15,22H,5-6,11H2,1-4H3. The maximum absolute atomic E-state index is 12.9. The molecule has 1 aromatic carbocycles. The van der Waals surface area contributed by atoms with Gasteiger partial charge in [-0.3, -0.25) is 4.79 Å². The summed E-state index contributed by atoms with van der Waals surface area (Å²) < 4.78 is 23.5. The van der Waals surface area contributed by atoms with E-state index in [4.69, 9.17) is 4.78 Å². The number of fused-ring (bicyclic) bond motifs is 1. The number of rotatable bonds is 5. The second kappa shape index (κ2) is 6.58. The summed E-state index contributed by atoms with van der Waals surface area (Å²) in [6.07, 6.45) is 5.66. The molecule has 4 rings (SSSR count). The van der Waals surface area contributed by atoms with Crippen molar-refractivity contribution in [2.24, 2.45) is 0 Å². The van der Waals surface area contributed by atoms with Crippen LogP contribution in [-0.2, 0) is 16.3 Å². The number of aryl methyl sites for hydroxylation is 1. The average molecular weight is 399 g/mol. The first-order valence-corrected chi connectivity index (χ1v) is 11.6. The Kier molecular flexibility index (Phi) is 4.45. The predicted molar refractivity (Wildman–Crippen MR) is 111 cm³/mol. The van der Waals surface area contributed by atoms with Crippen LogP contribution in [-0.4, -0.2) is 24.6 Å². The second-order valence-corrected chi connectivity index (χ2v) is 10.4. The SMILES string of the molecule is Cc1cc(S(C)(=N)=O)ccc1Cn1cc(C(C)C)c(=O)n2nc(C3CC3)cc12. The summed E-state index contributed by atoms with van der Waals surface area (Å²) in [5.41, 5.74) is 4.57. The van der Waals surface area contributed by atoms with Crippen LogP contribution < -0.4 is 5.56 Å². The van der Waals surface area contributed by atoms with Gasteiger partial charge in [-0.25, -0.2) is 8.99 Å². The van der Waals surface area contributed by atoms with Crippen LogP contribution >= 0.6 is 0 Å². The van der Waals surface area contributed by atoms with Crippen LogP contribution in [0.15, 0.2) is 40.2 Å². The Hall–Kier alpha value is -2.41. The predicted octanol–water partition coefficient (Wildman–Crippen LogP) is 3.89. The van der Waals surface area contributed by atoms with Crippen LogP contribution in [0.5, 0.6) is 0 Å². The smallest absolute Gasteiger partial charge is 0.277 e. The molecule has 1 aliphatic carbocycles. The molecule has 7 heteroatoms. The molecule has 1 unspecified atom stereocenters. The van der Waals surface area contributed by atoms with Gasteiger partial charge in [0, 0.05) is 41.4 Å². The van der Waals surface area contributed by atoms with Crippen LogP contribution in [0, 0.1) is 11.7 Å². The molecule has 0 bridgehead atoms. The van der Waals surface area contributed by atoms with Crippen molar-refractivity contribution >= 4 is 15.4 Å². The van der Waals surface area contributed by atoms with Crippen LogP contribution in [0.4, 0.5) is 0 Å². The van der Waals surface area contributed by atoms with Crippen molar-refractivity contribution in [2.45, 2.75) is 56.9 Å². The zero-order chi connectivity index (χ0) is 20.2. The van der Waals surface area contributed by atoms with Crippen LogP contribution in [0.3, 0.4) is 0 Å². The zero-order valence-corrected chi connectivity index (χ0v) is 17.5. The highest BCUT2D eigenvalue weighted by atomic mass is 32.2. The summed E-state index contributed by atoms with van der Waals surface area (Å²) in [5.74, 6) is 0.583. The molecule has 1 saturated carbocycles. The van der Waals surface area contributed by atoms with Crippen molar-refractivity contribution in [3.05, 3.63) is 63.2 Å². The van der Waals surface area contributed by atoms with Crippen molar-refractivity contribution in [3.8, 4) is 0 Å². The molecule has 3 aromatic rings. The lowest BCUT2D eigenvalue weighted by Gasteiger charge is -2.15. The molecule has 1 aliphatic rings. The van der Waals surface area contributed by atoms with E-state index in [0.29, 0.717) is 17.4 Å². The van der Waals surface area contributed by atoms with E-state index in [0.717, 1.165) is 40.9 Å². The third-order valence-electron chi connectivity index (χ3n) is 5.46. The van der Waals surface area contributed by atoms with Gasteiger partial charge in [-0.15, -0.1) is 0 Å². The average Bonchev–Trinajstić information content (AvgIpc) is 3.36. The van der Waals surface area contributed by atoms with E-state index < -0.39 is 9.73 Å². The third-order valence-corrected chi connectivity index (χ3v) is 6.61. The first-order chi connectivity index (χ1) is 13.1. The molecule has 28 heavy (non-hydrogen) atoms. The normalized spacial score (nSPS) is 16.6. The summed E-state index contributed by atoms with van der Waals surface area (Å²) in [7, 11) is -2.73. The molecule has 2 aromatic heterocycles. The molecule has 1 fully saturated rings. The topological polar surface area (TPSA) is 80.2 Å². The Labute approximate surface area is 165 Å². The molecule has 0 amide bonds. The van der Waals surface area contributed by atoms with Gasteiger partial charge < -0.3 is 4.57 Å². The van der Waals surface area contributed by atoms with Gasteiger partial charge >= 0.3 is 0 Å².